The molecular weight excluding hydrogens is 204 g/mol. The van der Waals surface area contributed by atoms with E-state index in [0.29, 0.717) is 12.0 Å². The molecule has 0 spiro atoms. The topological polar surface area (TPSA) is 58.7 Å². The zero-order valence-corrected chi connectivity index (χ0v) is 10.1. The van der Waals surface area contributed by atoms with Crippen LogP contribution in [-0.4, -0.2) is 55.0 Å². The van der Waals surface area contributed by atoms with Crippen LogP contribution in [0.15, 0.2) is 0 Å². The summed E-state index contributed by atoms with van der Waals surface area (Å²) in [5.41, 5.74) is 6.21. The zero-order chi connectivity index (χ0) is 11.5. The van der Waals surface area contributed by atoms with Crippen molar-refractivity contribution in [3.63, 3.8) is 0 Å². The lowest BCUT2D eigenvalue weighted by atomic mass is 9.99. The number of likely N-dealkylation sites (tertiary alicyclic amines) is 1. The molecule has 1 saturated heterocycles. The number of methoxy groups -OCH3 is 1. The van der Waals surface area contributed by atoms with Gasteiger partial charge in [-0.3, -0.25) is 4.90 Å². The highest BCUT2D eigenvalue weighted by Crippen LogP contribution is 2.34. The Balaban J connectivity index is 1.91. The molecule has 1 aliphatic carbocycles. The highest BCUT2D eigenvalue weighted by molar-refractivity contribution is 4.94. The standard InChI is InChI=1S/C12H24N2O2/c1-16-10-3-2-6-14(7-10)11(8-15)12(13)9-4-5-9/h9-12,15H,2-8,13H2,1H3. The largest absolute Gasteiger partial charge is 0.395 e. The number of hydrogen-bond donors (Lipinski definition) is 2. The summed E-state index contributed by atoms with van der Waals surface area (Å²) in [5.74, 6) is 0.639. The third kappa shape index (κ3) is 2.74. The van der Waals surface area contributed by atoms with E-state index < -0.39 is 0 Å². The van der Waals surface area contributed by atoms with Crippen LogP contribution in [0, 0.1) is 5.92 Å². The quantitative estimate of drug-likeness (QED) is 0.705. The van der Waals surface area contributed by atoms with Crippen LogP contribution in [0.25, 0.3) is 0 Å². The van der Waals surface area contributed by atoms with Crippen LogP contribution < -0.4 is 5.73 Å². The van der Waals surface area contributed by atoms with Crippen molar-refractivity contribution in [3.8, 4) is 0 Å². The molecule has 0 aromatic rings. The molecule has 0 aromatic carbocycles. The molecule has 3 unspecified atom stereocenters. The Morgan fingerprint density at radius 2 is 2.19 bits per heavy atom. The van der Waals surface area contributed by atoms with Crippen LogP contribution in [0.1, 0.15) is 25.7 Å². The number of nitrogens with two attached hydrogens (primary N) is 1. The van der Waals surface area contributed by atoms with Gasteiger partial charge in [0, 0.05) is 25.7 Å². The third-order valence-electron chi connectivity index (χ3n) is 4.01. The second kappa shape index (κ2) is 5.45. The van der Waals surface area contributed by atoms with Crippen molar-refractivity contribution in [2.75, 3.05) is 26.8 Å². The van der Waals surface area contributed by atoms with E-state index in [0.717, 1.165) is 25.9 Å². The molecule has 2 aliphatic rings. The minimum atomic E-state index is 0.130. The molecular formula is C12H24N2O2. The molecule has 2 fully saturated rings. The van der Waals surface area contributed by atoms with Crippen LogP contribution in [0.4, 0.5) is 0 Å². The first-order valence-electron chi connectivity index (χ1n) is 6.39. The van der Waals surface area contributed by atoms with Crippen LogP contribution in [0.2, 0.25) is 0 Å². The molecule has 2 rings (SSSR count). The summed E-state index contributed by atoms with van der Waals surface area (Å²) < 4.78 is 5.41. The van der Waals surface area contributed by atoms with Crippen molar-refractivity contribution in [1.29, 1.82) is 0 Å². The highest BCUT2D eigenvalue weighted by atomic mass is 16.5. The maximum atomic E-state index is 9.52. The van der Waals surface area contributed by atoms with E-state index in [-0.39, 0.29) is 18.7 Å². The van der Waals surface area contributed by atoms with Gasteiger partial charge in [0.15, 0.2) is 0 Å². The van der Waals surface area contributed by atoms with E-state index in [1.54, 1.807) is 7.11 Å². The molecule has 0 amide bonds. The van der Waals surface area contributed by atoms with E-state index in [1.165, 1.54) is 12.8 Å². The summed E-state index contributed by atoms with van der Waals surface area (Å²) in [6.45, 7) is 2.14. The normalized spacial score (nSPS) is 31.3. The molecule has 0 bridgehead atoms. The van der Waals surface area contributed by atoms with Crippen LogP contribution in [0.5, 0.6) is 0 Å². The number of rotatable bonds is 5. The second-order valence-electron chi connectivity index (χ2n) is 5.16. The molecule has 3 N–H and O–H groups in total. The predicted octanol–water partition coefficient (Wildman–Crippen LogP) is 0.195. The molecule has 1 saturated carbocycles. The van der Waals surface area contributed by atoms with Gasteiger partial charge in [-0.25, -0.2) is 0 Å². The van der Waals surface area contributed by atoms with E-state index in [2.05, 4.69) is 4.90 Å². The van der Waals surface area contributed by atoms with Gasteiger partial charge in [0.25, 0.3) is 0 Å². The number of piperidine rings is 1. The van der Waals surface area contributed by atoms with Gasteiger partial charge in [0.1, 0.15) is 0 Å². The molecule has 0 aromatic heterocycles. The minimum absolute atomic E-state index is 0.130. The average Bonchev–Trinajstić information content (AvgIpc) is 3.14. The van der Waals surface area contributed by atoms with E-state index in [4.69, 9.17) is 10.5 Å². The number of aliphatic hydroxyl groups is 1. The van der Waals surface area contributed by atoms with Gasteiger partial charge in [0.2, 0.25) is 0 Å². The molecule has 4 heteroatoms. The SMILES string of the molecule is COC1CCCN(C(CO)C(N)C2CC2)C1. The van der Waals surface area contributed by atoms with Crippen molar-refractivity contribution in [3.05, 3.63) is 0 Å². The summed E-state index contributed by atoms with van der Waals surface area (Å²) >= 11 is 0. The Hall–Kier alpha value is -0.160. The van der Waals surface area contributed by atoms with Gasteiger partial charge in [-0.15, -0.1) is 0 Å². The summed E-state index contributed by atoms with van der Waals surface area (Å²) in [4.78, 5) is 2.32. The zero-order valence-electron chi connectivity index (χ0n) is 10.1. The Bertz CT molecular complexity index is 221. The van der Waals surface area contributed by atoms with Gasteiger partial charge in [0.05, 0.1) is 12.7 Å². The molecule has 3 atom stereocenters. The Labute approximate surface area is 97.7 Å². The minimum Gasteiger partial charge on any atom is -0.395 e. The van der Waals surface area contributed by atoms with Crippen molar-refractivity contribution >= 4 is 0 Å². The van der Waals surface area contributed by atoms with Crippen LogP contribution in [0.3, 0.4) is 0 Å². The highest BCUT2D eigenvalue weighted by Gasteiger charge is 2.37. The molecule has 4 nitrogen and oxygen atoms in total. The van der Waals surface area contributed by atoms with Gasteiger partial charge in [-0.05, 0) is 38.1 Å². The second-order valence-corrected chi connectivity index (χ2v) is 5.16. The molecule has 94 valence electrons. The van der Waals surface area contributed by atoms with Crippen molar-refractivity contribution < 1.29 is 9.84 Å². The lowest BCUT2D eigenvalue weighted by Gasteiger charge is -2.39. The first-order valence-corrected chi connectivity index (χ1v) is 6.39. The molecule has 0 radical (unpaired) electrons. The third-order valence-corrected chi connectivity index (χ3v) is 4.01. The lowest BCUT2D eigenvalue weighted by Crippen LogP contribution is -2.55. The van der Waals surface area contributed by atoms with Gasteiger partial charge in [-0.2, -0.15) is 0 Å². The Morgan fingerprint density at radius 1 is 1.44 bits per heavy atom. The monoisotopic (exact) mass is 228 g/mol. The van der Waals surface area contributed by atoms with Crippen molar-refractivity contribution in [1.82, 2.24) is 4.90 Å². The van der Waals surface area contributed by atoms with E-state index in [9.17, 15) is 5.11 Å². The smallest absolute Gasteiger partial charge is 0.0698 e. The number of ether oxygens (including phenoxy) is 1. The Morgan fingerprint density at radius 3 is 2.75 bits per heavy atom. The van der Waals surface area contributed by atoms with Gasteiger partial charge >= 0.3 is 0 Å². The Kier molecular flexibility index (Phi) is 4.19. The summed E-state index contributed by atoms with van der Waals surface area (Å²) in [7, 11) is 1.77. The van der Waals surface area contributed by atoms with Crippen LogP contribution in [-0.2, 0) is 4.74 Å². The fourth-order valence-electron chi connectivity index (χ4n) is 2.74. The van der Waals surface area contributed by atoms with Crippen molar-refractivity contribution in [2.45, 2.75) is 43.9 Å². The summed E-state index contributed by atoms with van der Waals surface area (Å²) in [5, 5.41) is 9.52. The first kappa shape index (κ1) is 12.3. The van der Waals surface area contributed by atoms with E-state index in [1.807, 2.05) is 0 Å². The summed E-state index contributed by atoms with van der Waals surface area (Å²) in [6, 6.07) is 0.269. The number of nitrogens with zero attached hydrogens (tertiary/aromatic N) is 1. The maximum absolute atomic E-state index is 9.52. The number of hydrogen-bond acceptors (Lipinski definition) is 4. The van der Waals surface area contributed by atoms with Crippen molar-refractivity contribution in [2.24, 2.45) is 11.7 Å². The maximum Gasteiger partial charge on any atom is 0.0698 e. The molecule has 16 heavy (non-hydrogen) atoms. The fourth-order valence-corrected chi connectivity index (χ4v) is 2.74. The number of aliphatic hydroxyl groups excluding tert-OH is 1. The lowest BCUT2D eigenvalue weighted by molar-refractivity contribution is -0.00431. The summed E-state index contributed by atoms with van der Waals surface area (Å²) in [6.07, 6.45) is 5.06. The van der Waals surface area contributed by atoms with Crippen LogP contribution >= 0.6 is 0 Å². The van der Waals surface area contributed by atoms with E-state index >= 15 is 0 Å². The molecule has 1 aliphatic heterocycles. The predicted molar refractivity (Wildman–Crippen MR) is 63.2 cm³/mol. The first-order chi connectivity index (χ1) is 7.76. The average molecular weight is 228 g/mol. The van der Waals surface area contributed by atoms with Gasteiger partial charge in [-0.1, -0.05) is 0 Å². The van der Waals surface area contributed by atoms with Gasteiger partial charge < -0.3 is 15.6 Å². The fraction of sp³-hybridized carbons (Fsp3) is 1.00. The molecule has 1 heterocycles.